The molecule has 0 aliphatic rings. The quantitative estimate of drug-likeness (QED) is 0.891. The van der Waals surface area contributed by atoms with E-state index in [1.54, 1.807) is 4.90 Å². The van der Waals surface area contributed by atoms with Gasteiger partial charge in [0.2, 0.25) is 5.82 Å². The van der Waals surface area contributed by atoms with Crippen molar-refractivity contribution in [2.45, 2.75) is 20.4 Å². The van der Waals surface area contributed by atoms with Crippen molar-refractivity contribution < 1.29 is 4.79 Å². The maximum atomic E-state index is 12.1. The first kappa shape index (κ1) is 12.3. The van der Waals surface area contributed by atoms with Crippen LogP contribution in [0.1, 0.15) is 28.7 Å². The zero-order valence-corrected chi connectivity index (χ0v) is 10.6. The van der Waals surface area contributed by atoms with Gasteiger partial charge >= 0.3 is 0 Å². The fourth-order valence-electron chi connectivity index (χ4n) is 1.78. The van der Waals surface area contributed by atoms with Crippen LogP contribution >= 0.6 is 0 Å². The molecule has 1 aromatic carbocycles. The van der Waals surface area contributed by atoms with E-state index in [0.717, 1.165) is 5.56 Å². The first-order valence-electron chi connectivity index (χ1n) is 5.91. The Morgan fingerprint density at radius 1 is 1.39 bits per heavy atom. The third kappa shape index (κ3) is 2.56. The number of amides is 1. The fraction of sp³-hybridized carbons (Fsp3) is 0.308. The number of aryl methyl sites for hydroxylation is 1. The molecule has 5 nitrogen and oxygen atoms in total. The average Bonchev–Trinajstić information content (AvgIpc) is 2.91. The van der Waals surface area contributed by atoms with Crippen molar-refractivity contribution in [2.24, 2.45) is 0 Å². The Kier molecular flexibility index (Phi) is 3.72. The molecule has 0 atom stereocenters. The topological polar surface area (TPSA) is 61.9 Å². The summed E-state index contributed by atoms with van der Waals surface area (Å²) in [6.07, 6.45) is 1.34. The van der Waals surface area contributed by atoms with Crippen LogP contribution in [0.15, 0.2) is 30.6 Å². The molecule has 2 rings (SSSR count). The van der Waals surface area contributed by atoms with Gasteiger partial charge in [0.15, 0.2) is 0 Å². The molecule has 0 radical (unpaired) electrons. The third-order valence-corrected chi connectivity index (χ3v) is 2.91. The summed E-state index contributed by atoms with van der Waals surface area (Å²) in [6.45, 7) is 5.21. The second-order valence-electron chi connectivity index (χ2n) is 4.08. The van der Waals surface area contributed by atoms with Crippen molar-refractivity contribution in [1.82, 2.24) is 20.1 Å². The Morgan fingerprint density at radius 2 is 2.17 bits per heavy atom. The predicted molar refractivity (Wildman–Crippen MR) is 68.0 cm³/mol. The van der Waals surface area contributed by atoms with Crippen LogP contribution < -0.4 is 0 Å². The van der Waals surface area contributed by atoms with Gasteiger partial charge in [0.05, 0.1) is 0 Å². The van der Waals surface area contributed by atoms with Crippen LogP contribution in [0.25, 0.3) is 0 Å². The van der Waals surface area contributed by atoms with Crippen LogP contribution in [0.3, 0.4) is 0 Å². The Bertz CT molecular complexity index is 522. The summed E-state index contributed by atoms with van der Waals surface area (Å²) < 4.78 is 0. The van der Waals surface area contributed by atoms with E-state index in [1.165, 1.54) is 11.9 Å². The normalized spacial score (nSPS) is 10.3. The van der Waals surface area contributed by atoms with E-state index in [-0.39, 0.29) is 11.7 Å². The van der Waals surface area contributed by atoms with E-state index in [1.807, 2.05) is 38.1 Å². The van der Waals surface area contributed by atoms with Crippen molar-refractivity contribution in [3.63, 3.8) is 0 Å². The van der Waals surface area contributed by atoms with Crippen molar-refractivity contribution in [3.05, 3.63) is 47.5 Å². The molecule has 0 aliphatic heterocycles. The molecular weight excluding hydrogens is 228 g/mol. The smallest absolute Gasteiger partial charge is 0.291 e. The molecule has 18 heavy (non-hydrogen) atoms. The molecule has 0 saturated carbocycles. The standard InChI is InChI=1S/C13H16N4O/c1-3-17(13(18)12-14-9-15-16-12)8-11-7-5-4-6-10(11)2/h4-7,9H,3,8H2,1-2H3,(H,14,15,16). The van der Waals surface area contributed by atoms with Gasteiger partial charge < -0.3 is 4.90 Å². The van der Waals surface area contributed by atoms with Crippen LogP contribution in [0.2, 0.25) is 0 Å². The zero-order valence-electron chi connectivity index (χ0n) is 10.6. The van der Waals surface area contributed by atoms with Gasteiger partial charge in [0, 0.05) is 13.1 Å². The number of benzene rings is 1. The van der Waals surface area contributed by atoms with Crippen LogP contribution in [-0.4, -0.2) is 32.5 Å². The van der Waals surface area contributed by atoms with Gasteiger partial charge in [-0.05, 0) is 25.0 Å². The van der Waals surface area contributed by atoms with Gasteiger partial charge in [-0.25, -0.2) is 4.98 Å². The maximum absolute atomic E-state index is 12.1. The minimum absolute atomic E-state index is 0.127. The summed E-state index contributed by atoms with van der Waals surface area (Å²) >= 11 is 0. The number of nitrogens with one attached hydrogen (secondary N) is 1. The summed E-state index contributed by atoms with van der Waals surface area (Å²) in [5.41, 5.74) is 2.33. The molecule has 94 valence electrons. The first-order chi connectivity index (χ1) is 8.72. The minimum Gasteiger partial charge on any atom is -0.332 e. The maximum Gasteiger partial charge on any atom is 0.291 e. The lowest BCUT2D eigenvalue weighted by Gasteiger charge is -2.20. The number of hydrogen-bond donors (Lipinski definition) is 1. The van der Waals surface area contributed by atoms with Crippen molar-refractivity contribution in [3.8, 4) is 0 Å². The number of carbonyl (C=O) groups is 1. The van der Waals surface area contributed by atoms with Gasteiger partial charge in [-0.2, -0.15) is 5.10 Å². The van der Waals surface area contributed by atoms with Crippen molar-refractivity contribution >= 4 is 5.91 Å². The van der Waals surface area contributed by atoms with Gasteiger partial charge in [0.25, 0.3) is 5.91 Å². The minimum atomic E-state index is -0.127. The highest BCUT2D eigenvalue weighted by molar-refractivity contribution is 5.90. The molecule has 0 saturated heterocycles. The molecule has 0 fully saturated rings. The highest BCUT2D eigenvalue weighted by Gasteiger charge is 2.17. The number of hydrogen-bond acceptors (Lipinski definition) is 3. The highest BCUT2D eigenvalue weighted by Crippen LogP contribution is 2.11. The number of aromatic amines is 1. The van der Waals surface area contributed by atoms with E-state index in [4.69, 9.17) is 0 Å². The Hall–Kier alpha value is -2.17. The van der Waals surface area contributed by atoms with Crippen molar-refractivity contribution in [2.75, 3.05) is 6.54 Å². The molecule has 5 heteroatoms. The van der Waals surface area contributed by atoms with Crippen LogP contribution in [-0.2, 0) is 6.54 Å². The lowest BCUT2D eigenvalue weighted by molar-refractivity contribution is 0.0740. The summed E-state index contributed by atoms with van der Waals surface area (Å²) in [4.78, 5) is 17.8. The highest BCUT2D eigenvalue weighted by atomic mass is 16.2. The molecule has 1 aromatic heterocycles. The average molecular weight is 244 g/mol. The zero-order chi connectivity index (χ0) is 13.0. The summed E-state index contributed by atoms with van der Waals surface area (Å²) in [7, 11) is 0. The Labute approximate surface area is 106 Å². The molecule has 0 aliphatic carbocycles. The first-order valence-corrected chi connectivity index (χ1v) is 5.91. The summed E-state index contributed by atoms with van der Waals surface area (Å²) in [5, 5.41) is 6.30. The molecule has 1 amide bonds. The Morgan fingerprint density at radius 3 is 2.78 bits per heavy atom. The van der Waals surface area contributed by atoms with E-state index in [0.29, 0.717) is 13.1 Å². The number of aromatic nitrogens is 3. The van der Waals surface area contributed by atoms with Gasteiger partial charge in [-0.15, -0.1) is 0 Å². The molecule has 0 spiro atoms. The fourth-order valence-corrected chi connectivity index (χ4v) is 1.78. The largest absolute Gasteiger partial charge is 0.332 e. The molecular formula is C13H16N4O. The molecule has 0 unspecified atom stereocenters. The lowest BCUT2D eigenvalue weighted by Crippen LogP contribution is -2.31. The van der Waals surface area contributed by atoms with Crippen LogP contribution in [0, 0.1) is 6.92 Å². The van der Waals surface area contributed by atoms with E-state index >= 15 is 0 Å². The molecule has 1 heterocycles. The molecule has 1 N–H and O–H groups in total. The monoisotopic (exact) mass is 244 g/mol. The Balaban J connectivity index is 2.15. The molecule has 0 bridgehead atoms. The van der Waals surface area contributed by atoms with E-state index in [2.05, 4.69) is 15.2 Å². The predicted octanol–water partition coefficient (Wildman–Crippen LogP) is 1.78. The van der Waals surface area contributed by atoms with E-state index < -0.39 is 0 Å². The third-order valence-electron chi connectivity index (χ3n) is 2.91. The number of carbonyl (C=O) groups excluding carboxylic acids is 1. The molecule has 2 aromatic rings. The summed E-state index contributed by atoms with van der Waals surface area (Å²) in [5.74, 6) is 0.156. The lowest BCUT2D eigenvalue weighted by atomic mass is 10.1. The SMILES string of the molecule is CCN(Cc1ccccc1C)C(=O)c1ncn[nH]1. The van der Waals surface area contributed by atoms with Gasteiger partial charge in [0.1, 0.15) is 6.33 Å². The summed E-state index contributed by atoms with van der Waals surface area (Å²) in [6, 6.07) is 8.05. The number of H-pyrrole nitrogens is 1. The van der Waals surface area contributed by atoms with Gasteiger partial charge in [-0.3, -0.25) is 9.89 Å². The van der Waals surface area contributed by atoms with E-state index in [9.17, 15) is 4.79 Å². The second-order valence-corrected chi connectivity index (χ2v) is 4.08. The van der Waals surface area contributed by atoms with Crippen molar-refractivity contribution in [1.29, 1.82) is 0 Å². The second kappa shape index (κ2) is 5.44. The number of rotatable bonds is 4. The van der Waals surface area contributed by atoms with Gasteiger partial charge in [-0.1, -0.05) is 24.3 Å². The van der Waals surface area contributed by atoms with Crippen LogP contribution in [0.5, 0.6) is 0 Å². The number of nitrogens with zero attached hydrogens (tertiary/aromatic N) is 3. The van der Waals surface area contributed by atoms with Crippen LogP contribution in [0.4, 0.5) is 0 Å².